The summed E-state index contributed by atoms with van der Waals surface area (Å²) in [6.07, 6.45) is 10.1. The third-order valence-corrected chi connectivity index (χ3v) is 4.69. The highest BCUT2D eigenvalue weighted by molar-refractivity contribution is 4.89. The van der Waals surface area contributed by atoms with Crippen molar-refractivity contribution in [2.45, 2.75) is 85.6 Å². The molecule has 1 nitrogen and oxygen atoms in total. The summed E-state index contributed by atoms with van der Waals surface area (Å²) in [6, 6.07) is 0.703. The molecule has 0 amide bonds. The van der Waals surface area contributed by atoms with Crippen LogP contribution in [0.1, 0.15) is 79.6 Å². The van der Waals surface area contributed by atoms with Gasteiger partial charge in [0.1, 0.15) is 0 Å². The second-order valence-corrected chi connectivity index (χ2v) is 7.32. The molecule has 1 aliphatic rings. The largest absolute Gasteiger partial charge is 0.313 e. The van der Waals surface area contributed by atoms with E-state index in [0.29, 0.717) is 11.5 Å². The van der Waals surface area contributed by atoms with Crippen LogP contribution in [0.2, 0.25) is 0 Å². The van der Waals surface area contributed by atoms with Gasteiger partial charge in [0.2, 0.25) is 0 Å². The van der Waals surface area contributed by atoms with E-state index in [9.17, 15) is 0 Å². The van der Waals surface area contributed by atoms with Crippen molar-refractivity contribution in [1.82, 2.24) is 5.32 Å². The molecule has 0 aromatic carbocycles. The van der Waals surface area contributed by atoms with Gasteiger partial charge in [-0.25, -0.2) is 0 Å². The zero-order valence-electron chi connectivity index (χ0n) is 13.4. The number of hydrogen-bond donors (Lipinski definition) is 1. The first kappa shape index (κ1) is 16.0. The Morgan fingerprint density at radius 3 is 2.11 bits per heavy atom. The van der Waals surface area contributed by atoms with Gasteiger partial charge in [0.05, 0.1) is 0 Å². The third-order valence-electron chi connectivity index (χ3n) is 4.69. The molecule has 1 heteroatoms. The van der Waals surface area contributed by atoms with Crippen LogP contribution in [-0.4, -0.2) is 12.6 Å². The predicted octanol–water partition coefficient (Wildman–Crippen LogP) is 5.01. The summed E-state index contributed by atoms with van der Waals surface area (Å²) >= 11 is 0. The highest BCUT2D eigenvalue weighted by Crippen LogP contribution is 2.38. The lowest BCUT2D eigenvalue weighted by Gasteiger charge is -2.41. The first-order chi connectivity index (χ1) is 8.49. The van der Waals surface area contributed by atoms with Gasteiger partial charge in [0.25, 0.3) is 0 Å². The summed E-state index contributed by atoms with van der Waals surface area (Å²) in [5.74, 6) is 1.94. The standard InChI is InChI=1S/C17H35N/c1-6-8-9-14-10-12-15(13-11-14)16(18-7-2)17(3,4)5/h14-16,18H,6-13H2,1-5H3. The Morgan fingerprint density at radius 1 is 1.06 bits per heavy atom. The van der Waals surface area contributed by atoms with Crippen molar-refractivity contribution in [2.24, 2.45) is 17.3 Å². The van der Waals surface area contributed by atoms with Crippen LogP contribution in [0.4, 0.5) is 0 Å². The molecule has 1 aliphatic carbocycles. The summed E-state index contributed by atoms with van der Waals surface area (Å²) in [5.41, 5.74) is 0.400. The second kappa shape index (κ2) is 7.53. The van der Waals surface area contributed by atoms with Gasteiger partial charge in [0, 0.05) is 6.04 Å². The van der Waals surface area contributed by atoms with Crippen LogP contribution in [-0.2, 0) is 0 Å². The number of unbranched alkanes of at least 4 members (excludes halogenated alkanes) is 1. The van der Waals surface area contributed by atoms with E-state index in [4.69, 9.17) is 0 Å². The number of nitrogens with one attached hydrogen (secondary N) is 1. The van der Waals surface area contributed by atoms with E-state index < -0.39 is 0 Å². The molecule has 0 radical (unpaired) electrons. The Kier molecular flexibility index (Phi) is 6.70. The van der Waals surface area contributed by atoms with Crippen molar-refractivity contribution < 1.29 is 0 Å². The van der Waals surface area contributed by atoms with Crippen molar-refractivity contribution in [3.8, 4) is 0 Å². The molecule has 0 aliphatic heterocycles. The normalized spacial score (nSPS) is 27.2. The first-order valence-corrected chi connectivity index (χ1v) is 8.22. The summed E-state index contributed by atoms with van der Waals surface area (Å²) in [4.78, 5) is 0. The van der Waals surface area contributed by atoms with E-state index >= 15 is 0 Å². The highest BCUT2D eigenvalue weighted by atomic mass is 14.9. The lowest BCUT2D eigenvalue weighted by molar-refractivity contribution is 0.137. The molecule has 1 N–H and O–H groups in total. The van der Waals surface area contributed by atoms with Gasteiger partial charge in [-0.2, -0.15) is 0 Å². The molecule has 18 heavy (non-hydrogen) atoms. The quantitative estimate of drug-likeness (QED) is 0.702. The first-order valence-electron chi connectivity index (χ1n) is 8.22. The van der Waals surface area contributed by atoms with Gasteiger partial charge in [-0.1, -0.05) is 66.7 Å². The topological polar surface area (TPSA) is 12.0 Å². The third kappa shape index (κ3) is 4.91. The smallest absolute Gasteiger partial charge is 0.0144 e. The molecular weight excluding hydrogens is 218 g/mol. The zero-order chi connectivity index (χ0) is 13.6. The fourth-order valence-electron chi connectivity index (χ4n) is 3.70. The van der Waals surface area contributed by atoms with Crippen LogP contribution in [0.25, 0.3) is 0 Å². The minimum absolute atomic E-state index is 0.400. The Morgan fingerprint density at radius 2 is 1.67 bits per heavy atom. The maximum absolute atomic E-state index is 3.75. The van der Waals surface area contributed by atoms with Gasteiger partial charge in [-0.15, -0.1) is 0 Å². The molecule has 1 rings (SSSR count). The van der Waals surface area contributed by atoms with Crippen molar-refractivity contribution in [3.05, 3.63) is 0 Å². The minimum Gasteiger partial charge on any atom is -0.313 e. The molecule has 0 aromatic rings. The molecule has 1 atom stereocenters. The van der Waals surface area contributed by atoms with E-state index in [0.717, 1.165) is 18.4 Å². The lowest BCUT2D eigenvalue weighted by Crippen LogP contribution is -2.46. The average Bonchev–Trinajstić information content (AvgIpc) is 2.33. The summed E-state index contributed by atoms with van der Waals surface area (Å²) in [5, 5.41) is 3.75. The fourth-order valence-corrected chi connectivity index (χ4v) is 3.70. The lowest BCUT2D eigenvalue weighted by atomic mass is 9.70. The van der Waals surface area contributed by atoms with Crippen LogP contribution in [0, 0.1) is 17.3 Å². The highest BCUT2D eigenvalue weighted by Gasteiger charge is 2.33. The van der Waals surface area contributed by atoms with Gasteiger partial charge in [0.15, 0.2) is 0 Å². The molecule has 1 saturated carbocycles. The Bertz CT molecular complexity index is 208. The zero-order valence-corrected chi connectivity index (χ0v) is 13.4. The van der Waals surface area contributed by atoms with Gasteiger partial charge >= 0.3 is 0 Å². The number of hydrogen-bond acceptors (Lipinski definition) is 1. The molecule has 0 heterocycles. The van der Waals surface area contributed by atoms with E-state index in [1.807, 2.05) is 0 Å². The van der Waals surface area contributed by atoms with E-state index in [1.54, 1.807) is 0 Å². The van der Waals surface area contributed by atoms with E-state index in [-0.39, 0.29) is 0 Å². The van der Waals surface area contributed by atoms with Crippen LogP contribution in [0.15, 0.2) is 0 Å². The van der Waals surface area contributed by atoms with Crippen LogP contribution < -0.4 is 5.32 Å². The Hall–Kier alpha value is -0.0400. The summed E-state index contributed by atoms with van der Waals surface area (Å²) in [7, 11) is 0. The van der Waals surface area contributed by atoms with Crippen LogP contribution in [0.5, 0.6) is 0 Å². The summed E-state index contributed by atoms with van der Waals surface area (Å²) < 4.78 is 0. The van der Waals surface area contributed by atoms with Crippen molar-refractivity contribution in [1.29, 1.82) is 0 Å². The maximum Gasteiger partial charge on any atom is 0.0144 e. The van der Waals surface area contributed by atoms with E-state index in [2.05, 4.69) is 39.9 Å². The summed E-state index contributed by atoms with van der Waals surface area (Å²) in [6.45, 7) is 12.8. The molecule has 1 fully saturated rings. The Balaban J connectivity index is 2.44. The van der Waals surface area contributed by atoms with Gasteiger partial charge in [-0.05, 0) is 36.6 Å². The Labute approximate surface area is 115 Å². The molecule has 1 unspecified atom stereocenters. The van der Waals surface area contributed by atoms with Gasteiger partial charge in [-0.3, -0.25) is 0 Å². The van der Waals surface area contributed by atoms with Crippen LogP contribution in [0.3, 0.4) is 0 Å². The van der Waals surface area contributed by atoms with Crippen LogP contribution >= 0.6 is 0 Å². The van der Waals surface area contributed by atoms with Crippen molar-refractivity contribution >= 4 is 0 Å². The van der Waals surface area contributed by atoms with E-state index in [1.165, 1.54) is 44.9 Å². The average molecular weight is 253 g/mol. The molecule has 0 spiro atoms. The molecular formula is C17H35N. The fraction of sp³-hybridized carbons (Fsp3) is 1.00. The SMILES string of the molecule is CCCCC1CCC(C(NCC)C(C)(C)C)CC1. The van der Waals surface area contributed by atoms with Crippen molar-refractivity contribution in [3.63, 3.8) is 0 Å². The van der Waals surface area contributed by atoms with Gasteiger partial charge < -0.3 is 5.32 Å². The maximum atomic E-state index is 3.75. The second-order valence-electron chi connectivity index (χ2n) is 7.32. The molecule has 108 valence electrons. The molecule has 0 aromatic heterocycles. The van der Waals surface area contributed by atoms with Crippen molar-refractivity contribution in [2.75, 3.05) is 6.54 Å². The molecule has 0 saturated heterocycles. The predicted molar refractivity (Wildman–Crippen MR) is 81.9 cm³/mol. The molecule has 0 bridgehead atoms. The number of rotatable bonds is 6. The minimum atomic E-state index is 0.400. The monoisotopic (exact) mass is 253 g/mol.